The van der Waals surface area contributed by atoms with Crippen molar-refractivity contribution < 1.29 is 18.7 Å². The largest absolute Gasteiger partial charge is 0.454 e. The van der Waals surface area contributed by atoms with Crippen LogP contribution in [0, 0.1) is 11.7 Å². The van der Waals surface area contributed by atoms with E-state index in [4.69, 9.17) is 9.47 Å². The number of carbonyl (C=O) groups is 1. The Kier molecular flexibility index (Phi) is 4.99. The van der Waals surface area contributed by atoms with E-state index in [2.05, 4.69) is 12.2 Å². The number of amides is 1. The molecule has 2 atom stereocenters. The normalized spacial score (nSPS) is 21.1. The molecule has 0 aromatic heterocycles. The smallest absolute Gasteiger partial charge is 0.231 e. The first-order valence-corrected chi connectivity index (χ1v) is 9.29. The zero-order chi connectivity index (χ0) is 18.8. The molecule has 1 fully saturated rings. The van der Waals surface area contributed by atoms with Gasteiger partial charge in [-0.05, 0) is 68.3 Å². The fourth-order valence-electron chi connectivity index (χ4n) is 3.72. The number of rotatable bonds is 4. The molecule has 0 saturated carbocycles. The van der Waals surface area contributed by atoms with Crippen molar-refractivity contribution in [2.75, 3.05) is 18.2 Å². The fourth-order valence-corrected chi connectivity index (χ4v) is 3.72. The van der Waals surface area contributed by atoms with Crippen molar-refractivity contribution >= 4 is 11.6 Å². The fraction of sp³-hybridized carbons (Fsp3) is 0.381. The molecule has 1 amide bonds. The number of carbonyl (C=O) groups excluding carboxylic acids is 1. The van der Waals surface area contributed by atoms with Gasteiger partial charge in [0.15, 0.2) is 11.5 Å². The third-order valence-electron chi connectivity index (χ3n) is 5.15. The number of hydrogen-bond acceptors (Lipinski definition) is 4. The van der Waals surface area contributed by atoms with Crippen LogP contribution < -0.4 is 19.7 Å². The van der Waals surface area contributed by atoms with Gasteiger partial charge >= 0.3 is 0 Å². The lowest BCUT2D eigenvalue weighted by Gasteiger charge is -2.32. The first kappa shape index (κ1) is 17.8. The molecule has 2 aromatic rings. The maximum absolute atomic E-state index is 13.4. The summed E-state index contributed by atoms with van der Waals surface area (Å²) >= 11 is 0. The zero-order valence-electron chi connectivity index (χ0n) is 15.3. The number of anilines is 1. The van der Waals surface area contributed by atoms with Crippen LogP contribution in [0.25, 0.3) is 0 Å². The Morgan fingerprint density at radius 1 is 1.19 bits per heavy atom. The highest BCUT2D eigenvalue weighted by Crippen LogP contribution is 2.33. The van der Waals surface area contributed by atoms with E-state index >= 15 is 0 Å². The molecule has 27 heavy (non-hydrogen) atoms. The molecular formula is C21H23FN2O3. The van der Waals surface area contributed by atoms with Crippen LogP contribution in [0.1, 0.15) is 25.3 Å². The summed E-state index contributed by atoms with van der Waals surface area (Å²) in [5.41, 5.74) is 1.64. The number of piperidine rings is 1. The number of fused-ring (bicyclic) bond motifs is 1. The summed E-state index contributed by atoms with van der Waals surface area (Å²) in [7, 11) is 0. The minimum Gasteiger partial charge on any atom is -0.454 e. The van der Waals surface area contributed by atoms with Crippen molar-refractivity contribution in [1.82, 2.24) is 5.32 Å². The van der Waals surface area contributed by atoms with E-state index in [0.29, 0.717) is 29.8 Å². The quantitative estimate of drug-likeness (QED) is 0.895. The average Bonchev–Trinajstić information content (AvgIpc) is 3.14. The second-order valence-electron chi connectivity index (χ2n) is 7.16. The molecule has 0 unspecified atom stereocenters. The van der Waals surface area contributed by atoms with E-state index in [1.165, 1.54) is 12.1 Å². The lowest BCUT2D eigenvalue weighted by atomic mass is 9.91. The first-order valence-electron chi connectivity index (χ1n) is 9.29. The van der Waals surface area contributed by atoms with Gasteiger partial charge in [-0.2, -0.15) is 0 Å². The zero-order valence-corrected chi connectivity index (χ0v) is 15.3. The van der Waals surface area contributed by atoms with Gasteiger partial charge in [0.05, 0.1) is 6.54 Å². The molecule has 1 N–H and O–H groups in total. The molecule has 2 aromatic carbocycles. The van der Waals surface area contributed by atoms with Crippen LogP contribution in [-0.2, 0) is 11.3 Å². The SMILES string of the molecule is C[C@H]1C[C@@H](C(=O)N(Cc2ccc3c(c2)OCO3)c2ccc(F)cc2)CCN1. The molecule has 2 aliphatic rings. The summed E-state index contributed by atoms with van der Waals surface area (Å²) in [6.45, 7) is 3.55. The molecule has 2 aliphatic heterocycles. The highest BCUT2D eigenvalue weighted by atomic mass is 19.1. The maximum atomic E-state index is 13.4. The van der Waals surface area contributed by atoms with Gasteiger partial charge in [0.25, 0.3) is 0 Å². The Morgan fingerprint density at radius 3 is 2.74 bits per heavy atom. The van der Waals surface area contributed by atoms with Crippen LogP contribution in [0.3, 0.4) is 0 Å². The Hall–Kier alpha value is -2.60. The van der Waals surface area contributed by atoms with Gasteiger partial charge < -0.3 is 19.7 Å². The monoisotopic (exact) mass is 370 g/mol. The maximum Gasteiger partial charge on any atom is 0.231 e. The van der Waals surface area contributed by atoms with E-state index in [9.17, 15) is 9.18 Å². The van der Waals surface area contributed by atoms with Crippen molar-refractivity contribution in [3.8, 4) is 11.5 Å². The van der Waals surface area contributed by atoms with Gasteiger partial charge in [-0.25, -0.2) is 4.39 Å². The van der Waals surface area contributed by atoms with Crippen molar-refractivity contribution in [1.29, 1.82) is 0 Å². The molecule has 0 aliphatic carbocycles. The summed E-state index contributed by atoms with van der Waals surface area (Å²) in [5.74, 6) is 1.12. The van der Waals surface area contributed by atoms with Gasteiger partial charge in [-0.1, -0.05) is 6.07 Å². The average molecular weight is 370 g/mol. The van der Waals surface area contributed by atoms with Gasteiger partial charge in [-0.15, -0.1) is 0 Å². The molecule has 2 heterocycles. The summed E-state index contributed by atoms with van der Waals surface area (Å²) in [6, 6.07) is 12.1. The Balaban J connectivity index is 1.61. The molecule has 0 radical (unpaired) electrons. The number of halogens is 1. The standard InChI is InChI=1S/C21H23FN2O3/c1-14-10-16(8-9-23-14)21(25)24(18-5-3-17(22)4-6-18)12-15-2-7-19-20(11-15)27-13-26-19/h2-7,11,14,16,23H,8-10,12-13H2,1H3/t14-,16-/m0/s1. The summed E-state index contributed by atoms with van der Waals surface area (Å²) in [6.07, 6.45) is 1.61. The van der Waals surface area contributed by atoms with Crippen LogP contribution in [0.4, 0.5) is 10.1 Å². The van der Waals surface area contributed by atoms with E-state index in [1.54, 1.807) is 17.0 Å². The predicted molar refractivity (Wildman–Crippen MR) is 100 cm³/mol. The topological polar surface area (TPSA) is 50.8 Å². The highest BCUT2D eigenvalue weighted by Gasteiger charge is 2.29. The molecule has 4 rings (SSSR count). The van der Waals surface area contributed by atoms with Gasteiger partial charge in [0.1, 0.15) is 5.82 Å². The highest BCUT2D eigenvalue weighted by molar-refractivity contribution is 5.95. The van der Waals surface area contributed by atoms with Crippen LogP contribution in [0.2, 0.25) is 0 Å². The summed E-state index contributed by atoms with van der Waals surface area (Å²) in [5, 5.41) is 3.38. The molecular weight excluding hydrogens is 347 g/mol. The third-order valence-corrected chi connectivity index (χ3v) is 5.15. The third kappa shape index (κ3) is 3.90. The van der Waals surface area contributed by atoms with E-state index in [1.807, 2.05) is 18.2 Å². The number of nitrogens with one attached hydrogen (secondary N) is 1. The molecule has 5 nitrogen and oxygen atoms in total. The van der Waals surface area contributed by atoms with Crippen molar-refractivity contribution in [2.24, 2.45) is 5.92 Å². The lowest BCUT2D eigenvalue weighted by molar-refractivity contribution is -0.123. The van der Waals surface area contributed by atoms with Gasteiger partial charge in [0.2, 0.25) is 12.7 Å². The van der Waals surface area contributed by atoms with E-state index in [0.717, 1.165) is 24.9 Å². The molecule has 0 spiro atoms. The number of benzene rings is 2. The van der Waals surface area contributed by atoms with Crippen molar-refractivity contribution in [3.63, 3.8) is 0 Å². The number of ether oxygens (including phenoxy) is 2. The lowest BCUT2D eigenvalue weighted by Crippen LogP contribution is -2.44. The van der Waals surface area contributed by atoms with Crippen LogP contribution in [0.5, 0.6) is 11.5 Å². The molecule has 6 heteroatoms. The van der Waals surface area contributed by atoms with Gasteiger partial charge in [0, 0.05) is 17.6 Å². The predicted octanol–water partition coefficient (Wildman–Crippen LogP) is 3.48. The van der Waals surface area contributed by atoms with E-state index in [-0.39, 0.29) is 24.4 Å². The minimum atomic E-state index is -0.315. The first-order chi connectivity index (χ1) is 13.1. The van der Waals surface area contributed by atoms with Crippen LogP contribution in [-0.4, -0.2) is 25.3 Å². The Labute approximate surface area is 158 Å². The molecule has 142 valence electrons. The molecule has 1 saturated heterocycles. The molecule has 0 bridgehead atoms. The van der Waals surface area contributed by atoms with Crippen molar-refractivity contribution in [2.45, 2.75) is 32.4 Å². The Morgan fingerprint density at radius 2 is 1.96 bits per heavy atom. The van der Waals surface area contributed by atoms with Crippen LogP contribution >= 0.6 is 0 Å². The van der Waals surface area contributed by atoms with Gasteiger partial charge in [-0.3, -0.25) is 4.79 Å². The second-order valence-corrected chi connectivity index (χ2v) is 7.16. The number of hydrogen-bond donors (Lipinski definition) is 1. The number of nitrogens with zero attached hydrogens (tertiary/aromatic N) is 1. The summed E-state index contributed by atoms with van der Waals surface area (Å²) in [4.78, 5) is 15.1. The van der Waals surface area contributed by atoms with Crippen LogP contribution in [0.15, 0.2) is 42.5 Å². The second kappa shape index (κ2) is 7.56. The minimum absolute atomic E-state index is 0.0414. The van der Waals surface area contributed by atoms with E-state index < -0.39 is 0 Å². The summed E-state index contributed by atoms with van der Waals surface area (Å²) < 4.78 is 24.2. The van der Waals surface area contributed by atoms with Crippen molar-refractivity contribution in [3.05, 3.63) is 53.8 Å². The Bertz CT molecular complexity index is 825.